The van der Waals surface area contributed by atoms with Crippen molar-refractivity contribution in [3.8, 4) is 16.9 Å². The highest BCUT2D eigenvalue weighted by atomic mass is 32.2. The average Bonchev–Trinajstić information content (AvgIpc) is 3.45. The van der Waals surface area contributed by atoms with Crippen LogP contribution in [-0.4, -0.2) is 67.5 Å². The Kier molecular flexibility index (Phi) is 20.2. The third kappa shape index (κ3) is 15.2. The zero-order chi connectivity index (χ0) is 37.0. The number of sulfone groups is 1. The van der Waals surface area contributed by atoms with Crippen LogP contribution in [0.25, 0.3) is 11.1 Å². The van der Waals surface area contributed by atoms with Crippen molar-refractivity contribution in [3.05, 3.63) is 89.5 Å². The number of unbranched alkanes of at least 4 members (excludes halogenated alkanes) is 1. The van der Waals surface area contributed by atoms with E-state index in [1.807, 2.05) is 101 Å². The topological polar surface area (TPSA) is 113 Å². The number of hydrogen-bond donors (Lipinski definition) is 2. The second-order valence-electron chi connectivity index (χ2n) is 12.0. The highest BCUT2D eigenvalue weighted by molar-refractivity contribution is 7.90. The van der Waals surface area contributed by atoms with Crippen LogP contribution in [0.5, 0.6) is 5.75 Å². The van der Waals surface area contributed by atoms with Gasteiger partial charge in [-0.05, 0) is 72.2 Å². The number of nitrogens with one attached hydrogen (secondary N) is 1. The van der Waals surface area contributed by atoms with Gasteiger partial charge in [-0.15, -0.1) is 0 Å². The Bertz CT molecular complexity index is 1510. The number of amides is 1. The van der Waals surface area contributed by atoms with Gasteiger partial charge in [0.25, 0.3) is 5.91 Å². The molecule has 0 aromatic heterocycles. The SMILES string of the molecule is CC.CC.CCCC.Cc1ccccc1-c1cc(CN2CC(C)CC2COc2ccccc2)ccc1C(=O)NC(CCS(C)(=O)=O)C(=O)O. The molecule has 4 rings (SSSR count). The highest BCUT2D eigenvalue weighted by Gasteiger charge is 2.31. The first kappa shape index (κ1) is 43.3. The molecule has 3 unspecified atom stereocenters. The summed E-state index contributed by atoms with van der Waals surface area (Å²) in [5.41, 5.74) is 3.93. The van der Waals surface area contributed by atoms with Gasteiger partial charge in [0.2, 0.25) is 0 Å². The Morgan fingerprint density at radius 1 is 0.939 bits per heavy atom. The van der Waals surface area contributed by atoms with Crippen LogP contribution in [0.3, 0.4) is 0 Å². The van der Waals surface area contributed by atoms with Gasteiger partial charge in [0.15, 0.2) is 0 Å². The molecule has 1 fully saturated rings. The number of aliphatic carboxylic acids is 1. The Labute approximate surface area is 296 Å². The third-order valence-corrected chi connectivity index (χ3v) is 8.93. The minimum absolute atomic E-state index is 0.211. The smallest absolute Gasteiger partial charge is 0.326 e. The predicted molar refractivity (Wildman–Crippen MR) is 203 cm³/mol. The van der Waals surface area contributed by atoms with Crippen LogP contribution >= 0.6 is 0 Å². The first-order valence-electron chi connectivity index (χ1n) is 17.7. The maximum absolute atomic E-state index is 13.4. The van der Waals surface area contributed by atoms with E-state index in [4.69, 9.17) is 4.74 Å². The van der Waals surface area contributed by atoms with Crippen LogP contribution in [0.4, 0.5) is 0 Å². The molecule has 3 atom stereocenters. The van der Waals surface area contributed by atoms with Crippen molar-refractivity contribution in [2.45, 2.75) is 99.7 Å². The normalized spacial score (nSPS) is 16.0. The number of carbonyl (C=O) groups is 2. The Morgan fingerprint density at radius 3 is 2.12 bits per heavy atom. The molecule has 1 saturated heterocycles. The molecule has 1 aliphatic heterocycles. The quantitative estimate of drug-likeness (QED) is 0.184. The summed E-state index contributed by atoms with van der Waals surface area (Å²) in [6, 6.07) is 22.1. The van der Waals surface area contributed by atoms with Gasteiger partial charge in [-0.2, -0.15) is 0 Å². The molecule has 0 saturated carbocycles. The van der Waals surface area contributed by atoms with Crippen LogP contribution in [-0.2, 0) is 21.2 Å². The monoisotopic (exact) mass is 696 g/mol. The molecule has 272 valence electrons. The van der Waals surface area contributed by atoms with E-state index >= 15 is 0 Å². The van der Waals surface area contributed by atoms with Crippen LogP contribution in [0.15, 0.2) is 72.8 Å². The zero-order valence-corrected chi connectivity index (χ0v) is 32.0. The van der Waals surface area contributed by atoms with E-state index in [1.165, 1.54) is 12.8 Å². The van der Waals surface area contributed by atoms with Gasteiger partial charge in [-0.25, -0.2) is 13.2 Å². The number of aryl methyl sites for hydroxylation is 1. The lowest BCUT2D eigenvalue weighted by molar-refractivity contribution is -0.139. The predicted octanol–water partition coefficient (Wildman–Crippen LogP) is 8.43. The van der Waals surface area contributed by atoms with Crippen molar-refractivity contribution in [2.24, 2.45) is 5.92 Å². The van der Waals surface area contributed by atoms with Crippen LogP contribution in [0, 0.1) is 12.8 Å². The summed E-state index contributed by atoms with van der Waals surface area (Å²) in [5, 5.41) is 12.2. The van der Waals surface area contributed by atoms with Crippen LogP contribution < -0.4 is 10.1 Å². The molecule has 3 aromatic rings. The molecule has 1 aliphatic rings. The third-order valence-electron chi connectivity index (χ3n) is 7.95. The lowest BCUT2D eigenvalue weighted by Crippen LogP contribution is -2.42. The Hall–Kier alpha value is -3.69. The lowest BCUT2D eigenvalue weighted by atomic mass is 9.93. The van der Waals surface area contributed by atoms with Crippen molar-refractivity contribution < 1.29 is 27.9 Å². The Morgan fingerprint density at radius 2 is 1.55 bits per heavy atom. The molecule has 1 heterocycles. The van der Waals surface area contributed by atoms with Gasteiger partial charge in [0.05, 0.1) is 5.75 Å². The van der Waals surface area contributed by atoms with Gasteiger partial charge in [0, 0.05) is 31.0 Å². The Balaban J connectivity index is 0.00000137. The molecule has 2 N–H and O–H groups in total. The lowest BCUT2D eigenvalue weighted by Gasteiger charge is -2.25. The van der Waals surface area contributed by atoms with Gasteiger partial charge in [-0.1, -0.05) is 110 Å². The summed E-state index contributed by atoms with van der Waals surface area (Å²) >= 11 is 0. The molecule has 0 bridgehead atoms. The number of carboxylic acid groups (broad SMARTS) is 1. The first-order chi connectivity index (χ1) is 23.4. The maximum Gasteiger partial charge on any atom is 0.326 e. The van der Waals surface area contributed by atoms with E-state index in [-0.39, 0.29) is 18.2 Å². The molecule has 3 aromatic carbocycles. The molecule has 0 spiro atoms. The number of carboxylic acids is 1. The van der Waals surface area contributed by atoms with Crippen molar-refractivity contribution in [1.82, 2.24) is 10.2 Å². The van der Waals surface area contributed by atoms with Gasteiger partial charge in [-0.3, -0.25) is 9.69 Å². The number of ether oxygens (including phenoxy) is 1. The van der Waals surface area contributed by atoms with Gasteiger partial charge in [0.1, 0.15) is 28.2 Å². The summed E-state index contributed by atoms with van der Waals surface area (Å²) in [4.78, 5) is 27.6. The average molecular weight is 697 g/mol. The zero-order valence-electron chi connectivity index (χ0n) is 31.2. The van der Waals surface area contributed by atoms with Crippen molar-refractivity contribution in [2.75, 3.05) is 25.2 Å². The standard InChI is InChI=1S/C32H38N2O6S.C4H10.2C2H6/c1-22-17-25(21-40-26-10-5-4-6-11-26)34(19-22)20-24-13-14-28(29(18-24)27-12-8-7-9-23(27)2)31(35)33-30(32(36)37)15-16-41(3,38)39;1-3-4-2;2*1-2/h4-14,18,22,25,30H,15-17,19-21H2,1-3H3,(H,33,35)(H,36,37);3-4H2,1-2H3;2*1-2H3. The summed E-state index contributed by atoms with van der Waals surface area (Å²) in [6.07, 6.45) is 4.50. The largest absolute Gasteiger partial charge is 0.492 e. The number of likely N-dealkylation sites (tertiary alicyclic amines) is 1. The van der Waals surface area contributed by atoms with Crippen molar-refractivity contribution in [3.63, 3.8) is 0 Å². The van der Waals surface area contributed by atoms with E-state index in [0.29, 0.717) is 30.2 Å². The molecule has 9 heteroatoms. The van der Waals surface area contributed by atoms with E-state index in [2.05, 4.69) is 31.0 Å². The van der Waals surface area contributed by atoms with Crippen LogP contribution in [0.1, 0.15) is 95.6 Å². The van der Waals surface area contributed by atoms with E-state index < -0.39 is 27.8 Å². The van der Waals surface area contributed by atoms with Gasteiger partial charge < -0.3 is 15.2 Å². The molecule has 0 aliphatic carbocycles. The number of hydrogen-bond acceptors (Lipinski definition) is 6. The van der Waals surface area contributed by atoms with E-state index in [1.54, 1.807) is 6.07 Å². The number of benzene rings is 3. The molecular weight excluding hydrogens is 637 g/mol. The summed E-state index contributed by atoms with van der Waals surface area (Å²) in [5.74, 6) is -0.791. The number of para-hydroxylation sites is 1. The maximum atomic E-state index is 13.4. The summed E-state index contributed by atoms with van der Waals surface area (Å²) in [6.45, 7) is 18.8. The van der Waals surface area contributed by atoms with Crippen molar-refractivity contribution in [1.29, 1.82) is 0 Å². The van der Waals surface area contributed by atoms with Crippen molar-refractivity contribution >= 4 is 21.7 Å². The highest BCUT2D eigenvalue weighted by Crippen LogP contribution is 2.31. The second kappa shape index (κ2) is 22.9. The number of carbonyl (C=O) groups excluding carboxylic acids is 1. The fourth-order valence-corrected chi connectivity index (χ4v) is 6.02. The fourth-order valence-electron chi connectivity index (χ4n) is 5.36. The molecule has 0 radical (unpaired) electrons. The van der Waals surface area contributed by atoms with E-state index in [0.717, 1.165) is 41.7 Å². The first-order valence-corrected chi connectivity index (χ1v) is 19.8. The minimum Gasteiger partial charge on any atom is -0.492 e. The van der Waals surface area contributed by atoms with E-state index in [9.17, 15) is 23.1 Å². The number of nitrogens with zero attached hydrogens (tertiary/aromatic N) is 1. The summed E-state index contributed by atoms with van der Waals surface area (Å²) < 4.78 is 29.3. The summed E-state index contributed by atoms with van der Waals surface area (Å²) in [7, 11) is -3.38. The molecular formula is C40H60N2O6S. The second-order valence-corrected chi connectivity index (χ2v) is 14.3. The number of rotatable bonds is 13. The molecule has 49 heavy (non-hydrogen) atoms. The fraction of sp³-hybridized carbons (Fsp3) is 0.500. The van der Waals surface area contributed by atoms with Crippen LogP contribution in [0.2, 0.25) is 0 Å². The minimum atomic E-state index is -3.38. The molecule has 8 nitrogen and oxygen atoms in total. The van der Waals surface area contributed by atoms with Gasteiger partial charge >= 0.3 is 5.97 Å². The molecule has 1 amide bonds.